The molecule has 3 N–H and O–H groups in total. The molecule has 19 heavy (non-hydrogen) atoms. The third kappa shape index (κ3) is 3.22. The van der Waals surface area contributed by atoms with Crippen LogP contribution < -0.4 is 11.1 Å². The molecule has 100 valence electrons. The Kier molecular flexibility index (Phi) is 4.34. The summed E-state index contributed by atoms with van der Waals surface area (Å²) in [6, 6.07) is 10.5. The Morgan fingerprint density at radius 3 is 2.63 bits per heavy atom. The SMILES string of the molecule is CCCc1c(N)ncnc1NC(C)c1ccccc1. The van der Waals surface area contributed by atoms with Crippen LogP contribution in [-0.4, -0.2) is 9.97 Å². The van der Waals surface area contributed by atoms with Gasteiger partial charge in [0.05, 0.1) is 0 Å². The Bertz CT molecular complexity index is 525. The predicted molar refractivity (Wildman–Crippen MR) is 78.9 cm³/mol. The van der Waals surface area contributed by atoms with Gasteiger partial charge in [-0.05, 0) is 18.9 Å². The molecular formula is C15H20N4. The molecule has 0 bridgehead atoms. The van der Waals surface area contributed by atoms with Gasteiger partial charge in [-0.15, -0.1) is 0 Å². The smallest absolute Gasteiger partial charge is 0.135 e. The van der Waals surface area contributed by atoms with Gasteiger partial charge in [0.15, 0.2) is 0 Å². The van der Waals surface area contributed by atoms with Gasteiger partial charge in [-0.25, -0.2) is 9.97 Å². The second-order valence-electron chi connectivity index (χ2n) is 4.61. The summed E-state index contributed by atoms with van der Waals surface area (Å²) >= 11 is 0. The highest BCUT2D eigenvalue weighted by molar-refractivity contribution is 5.55. The Morgan fingerprint density at radius 1 is 1.21 bits per heavy atom. The van der Waals surface area contributed by atoms with E-state index in [4.69, 9.17) is 5.73 Å². The summed E-state index contributed by atoms with van der Waals surface area (Å²) in [6.07, 6.45) is 3.41. The van der Waals surface area contributed by atoms with E-state index in [2.05, 4.69) is 41.3 Å². The lowest BCUT2D eigenvalue weighted by molar-refractivity contribution is 0.849. The first-order valence-corrected chi connectivity index (χ1v) is 6.63. The molecule has 0 aliphatic rings. The lowest BCUT2D eigenvalue weighted by Gasteiger charge is -2.18. The van der Waals surface area contributed by atoms with E-state index in [0.717, 1.165) is 24.2 Å². The van der Waals surface area contributed by atoms with Crippen LogP contribution in [0.5, 0.6) is 0 Å². The molecular weight excluding hydrogens is 236 g/mol. The number of benzene rings is 1. The van der Waals surface area contributed by atoms with E-state index in [1.165, 1.54) is 11.9 Å². The van der Waals surface area contributed by atoms with E-state index >= 15 is 0 Å². The molecule has 0 aliphatic heterocycles. The van der Waals surface area contributed by atoms with E-state index in [1.807, 2.05) is 18.2 Å². The summed E-state index contributed by atoms with van der Waals surface area (Å²) in [7, 11) is 0. The molecule has 0 saturated heterocycles. The molecule has 0 amide bonds. The maximum Gasteiger partial charge on any atom is 0.135 e. The minimum Gasteiger partial charge on any atom is -0.383 e. The van der Waals surface area contributed by atoms with Gasteiger partial charge in [-0.2, -0.15) is 0 Å². The third-order valence-corrected chi connectivity index (χ3v) is 3.13. The number of nitrogens with two attached hydrogens (primary N) is 1. The number of anilines is 2. The normalized spacial score (nSPS) is 12.1. The van der Waals surface area contributed by atoms with Crippen molar-refractivity contribution in [3.8, 4) is 0 Å². The maximum atomic E-state index is 5.93. The van der Waals surface area contributed by atoms with Crippen LogP contribution in [-0.2, 0) is 6.42 Å². The van der Waals surface area contributed by atoms with Crippen molar-refractivity contribution < 1.29 is 0 Å². The second-order valence-corrected chi connectivity index (χ2v) is 4.61. The van der Waals surface area contributed by atoms with Crippen LogP contribution in [0.4, 0.5) is 11.6 Å². The van der Waals surface area contributed by atoms with Gasteiger partial charge in [-0.1, -0.05) is 43.7 Å². The second kappa shape index (κ2) is 6.18. The average molecular weight is 256 g/mol. The summed E-state index contributed by atoms with van der Waals surface area (Å²) < 4.78 is 0. The van der Waals surface area contributed by atoms with Crippen LogP contribution in [0, 0.1) is 0 Å². The minimum atomic E-state index is 0.186. The highest BCUT2D eigenvalue weighted by Gasteiger charge is 2.11. The van der Waals surface area contributed by atoms with Crippen molar-refractivity contribution in [2.24, 2.45) is 0 Å². The molecule has 0 spiro atoms. The first-order chi connectivity index (χ1) is 9.22. The zero-order chi connectivity index (χ0) is 13.7. The molecule has 1 heterocycles. The monoisotopic (exact) mass is 256 g/mol. The number of rotatable bonds is 5. The van der Waals surface area contributed by atoms with Crippen molar-refractivity contribution in [1.29, 1.82) is 0 Å². The lowest BCUT2D eigenvalue weighted by atomic mass is 10.1. The van der Waals surface area contributed by atoms with Crippen LogP contribution in [0.25, 0.3) is 0 Å². The largest absolute Gasteiger partial charge is 0.383 e. The van der Waals surface area contributed by atoms with Gasteiger partial charge in [0, 0.05) is 11.6 Å². The molecule has 1 unspecified atom stereocenters. The molecule has 2 aromatic rings. The minimum absolute atomic E-state index is 0.186. The first kappa shape index (κ1) is 13.3. The number of aromatic nitrogens is 2. The van der Waals surface area contributed by atoms with E-state index < -0.39 is 0 Å². The molecule has 1 aromatic heterocycles. The molecule has 4 heteroatoms. The average Bonchev–Trinajstić information content (AvgIpc) is 2.43. The summed E-state index contributed by atoms with van der Waals surface area (Å²) in [5.74, 6) is 1.41. The van der Waals surface area contributed by atoms with Crippen LogP contribution in [0.3, 0.4) is 0 Å². The van der Waals surface area contributed by atoms with Crippen molar-refractivity contribution in [3.05, 3.63) is 47.8 Å². The van der Waals surface area contributed by atoms with Crippen LogP contribution >= 0.6 is 0 Å². The number of nitrogens with one attached hydrogen (secondary N) is 1. The Morgan fingerprint density at radius 2 is 1.95 bits per heavy atom. The molecule has 2 rings (SSSR count). The van der Waals surface area contributed by atoms with Gasteiger partial charge in [-0.3, -0.25) is 0 Å². The number of hydrogen-bond acceptors (Lipinski definition) is 4. The molecule has 0 radical (unpaired) electrons. The number of nitrogen functional groups attached to an aromatic ring is 1. The number of hydrogen-bond donors (Lipinski definition) is 2. The molecule has 0 saturated carbocycles. The molecule has 1 atom stereocenters. The van der Waals surface area contributed by atoms with E-state index in [-0.39, 0.29) is 6.04 Å². The highest BCUT2D eigenvalue weighted by Crippen LogP contribution is 2.23. The lowest BCUT2D eigenvalue weighted by Crippen LogP contribution is -2.12. The van der Waals surface area contributed by atoms with Crippen LogP contribution in [0.15, 0.2) is 36.7 Å². The summed E-state index contributed by atoms with van der Waals surface area (Å²) in [6.45, 7) is 4.24. The highest BCUT2D eigenvalue weighted by atomic mass is 15.1. The van der Waals surface area contributed by atoms with Crippen molar-refractivity contribution in [1.82, 2.24) is 9.97 Å². The fraction of sp³-hybridized carbons (Fsp3) is 0.333. The topological polar surface area (TPSA) is 63.8 Å². The van der Waals surface area contributed by atoms with Gasteiger partial charge in [0.2, 0.25) is 0 Å². The van der Waals surface area contributed by atoms with Gasteiger partial charge in [0.25, 0.3) is 0 Å². The number of nitrogens with zero attached hydrogens (tertiary/aromatic N) is 2. The molecule has 1 aromatic carbocycles. The fourth-order valence-corrected chi connectivity index (χ4v) is 2.08. The fourth-order valence-electron chi connectivity index (χ4n) is 2.08. The molecule has 0 aliphatic carbocycles. The van der Waals surface area contributed by atoms with E-state index in [1.54, 1.807) is 0 Å². The van der Waals surface area contributed by atoms with Gasteiger partial charge < -0.3 is 11.1 Å². The predicted octanol–water partition coefficient (Wildman–Crippen LogP) is 3.18. The van der Waals surface area contributed by atoms with Crippen LogP contribution in [0.2, 0.25) is 0 Å². The third-order valence-electron chi connectivity index (χ3n) is 3.13. The molecule has 0 fully saturated rings. The quantitative estimate of drug-likeness (QED) is 0.862. The summed E-state index contributed by atoms with van der Waals surface area (Å²) in [5.41, 5.74) is 8.16. The van der Waals surface area contributed by atoms with E-state index in [0.29, 0.717) is 5.82 Å². The van der Waals surface area contributed by atoms with Crippen molar-refractivity contribution >= 4 is 11.6 Å². The molecule has 4 nitrogen and oxygen atoms in total. The zero-order valence-corrected chi connectivity index (χ0v) is 11.4. The summed E-state index contributed by atoms with van der Waals surface area (Å²) in [4.78, 5) is 8.39. The van der Waals surface area contributed by atoms with Gasteiger partial charge >= 0.3 is 0 Å². The maximum absolute atomic E-state index is 5.93. The van der Waals surface area contributed by atoms with Crippen LogP contribution in [0.1, 0.15) is 37.4 Å². The standard InChI is InChI=1S/C15H20N4/c1-3-7-13-14(16)17-10-18-15(13)19-11(2)12-8-5-4-6-9-12/h4-6,8-11H,3,7H2,1-2H3,(H3,16,17,18,19). The Balaban J connectivity index is 2.21. The van der Waals surface area contributed by atoms with Crippen molar-refractivity contribution in [2.45, 2.75) is 32.7 Å². The zero-order valence-electron chi connectivity index (χ0n) is 11.4. The summed E-state index contributed by atoms with van der Waals surface area (Å²) in [5, 5.41) is 3.42. The Hall–Kier alpha value is -2.10. The van der Waals surface area contributed by atoms with Crippen molar-refractivity contribution in [2.75, 3.05) is 11.1 Å². The van der Waals surface area contributed by atoms with Crippen molar-refractivity contribution in [3.63, 3.8) is 0 Å². The first-order valence-electron chi connectivity index (χ1n) is 6.63. The Labute approximate surface area is 114 Å². The van der Waals surface area contributed by atoms with Gasteiger partial charge in [0.1, 0.15) is 18.0 Å². The van der Waals surface area contributed by atoms with E-state index in [9.17, 15) is 0 Å².